The summed E-state index contributed by atoms with van der Waals surface area (Å²) >= 11 is 0. The van der Waals surface area contributed by atoms with E-state index in [1.807, 2.05) is 0 Å². The number of carbonyl (C=O) groups excluding carboxylic acids is 3. The minimum Gasteiger partial charge on any atom is -0.370 e. The van der Waals surface area contributed by atoms with Crippen molar-refractivity contribution in [2.24, 2.45) is 11.5 Å². The van der Waals surface area contributed by atoms with Crippen molar-refractivity contribution in [2.45, 2.75) is 25.2 Å². The Morgan fingerprint density at radius 1 is 1.11 bits per heavy atom. The van der Waals surface area contributed by atoms with Gasteiger partial charge >= 0.3 is 0 Å². The van der Waals surface area contributed by atoms with Crippen LogP contribution in [0.5, 0.6) is 0 Å². The number of hydrogen-bond acceptors (Lipinski definition) is 3. The zero-order chi connectivity index (χ0) is 13.8. The van der Waals surface area contributed by atoms with E-state index in [1.165, 1.54) is 6.92 Å². The Labute approximate surface area is 105 Å². The first kappa shape index (κ1) is 13.9. The Balaban J connectivity index is 3.27. The molecule has 0 aliphatic heterocycles. The highest BCUT2D eigenvalue weighted by Crippen LogP contribution is 2.30. The molecule has 5 nitrogen and oxygen atoms in total. The molecule has 0 aliphatic carbocycles. The lowest BCUT2D eigenvalue weighted by atomic mass is 9.73. The van der Waals surface area contributed by atoms with Crippen LogP contribution in [0.4, 0.5) is 0 Å². The van der Waals surface area contributed by atoms with Gasteiger partial charge in [-0.05, 0) is 18.9 Å². The Morgan fingerprint density at radius 3 is 2.06 bits per heavy atom. The molecule has 1 rings (SSSR count). The van der Waals surface area contributed by atoms with Crippen molar-refractivity contribution in [1.82, 2.24) is 0 Å². The number of carbonyl (C=O) groups is 3. The molecule has 0 spiro atoms. The maximum absolute atomic E-state index is 11.9. The molecule has 0 heterocycles. The Morgan fingerprint density at radius 2 is 1.67 bits per heavy atom. The number of amides is 2. The number of ketones is 1. The van der Waals surface area contributed by atoms with Crippen LogP contribution >= 0.6 is 0 Å². The minimum atomic E-state index is -1.48. The van der Waals surface area contributed by atoms with E-state index in [-0.39, 0.29) is 18.6 Å². The molecule has 1 aromatic rings. The van der Waals surface area contributed by atoms with Crippen LogP contribution in [0.15, 0.2) is 30.3 Å². The van der Waals surface area contributed by atoms with Gasteiger partial charge in [-0.1, -0.05) is 30.3 Å². The highest BCUT2D eigenvalue weighted by molar-refractivity contribution is 6.10. The molecule has 0 saturated heterocycles. The van der Waals surface area contributed by atoms with E-state index in [2.05, 4.69) is 0 Å². The average molecular weight is 248 g/mol. The quantitative estimate of drug-likeness (QED) is 0.706. The third kappa shape index (κ3) is 2.56. The molecule has 1 atom stereocenters. The molecule has 1 unspecified atom stereocenters. The van der Waals surface area contributed by atoms with E-state index in [0.717, 1.165) is 0 Å². The highest BCUT2D eigenvalue weighted by Gasteiger charge is 2.43. The summed E-state index contributed by atoms with van der Waals surface area (Å²) in [6.07, 6.45) is -0.0750. The summed E-state index contributed by atoms with van der Waals surface area (Å²) in [5, 5.41) is 0. The molecule has 96 valence electrons. The normalized spacial score (nSPS) is 13.6. The van der Waals surface area contributed by atoms with Crippen molar-refractivity contribution in [1.29, 1.82) is 0 Å². The largest absolute Gasteiger partial charge is 0.370 e. The molecule has 1 aromatic carbocycles. The first-order valence-electron chi connectivity index (χ1n) is 5.56. The third-order valence-electron chi connectivity index (χ3n) is 3.03. The number of hydrogen-bond donors (Lipinski definition) is 2. The summed E-state index contributed by atoms with van der Waals surface area (Å²) in [5.41, 5.74) is 9.47. The van der Waals surface area contributed by atoms with E-state index < -0.39 is 17.2 Å². The van der Waals surface area contributed by atoms with Crippen LogP contribution in [0.3, 0.4) is 0 Å². The van der Waals surface area contributed by atoms with Crippen molar-refractivity contribution < 1.29 is 14.4 Å². The van der Waals surface area contributed by atoms with Crippen LogP contribution in [-0.4, -0.2) is 17.6 Å². The molecule has 0 aromatic heterocycles. The standard InChI is InChI=1S/C13H16N2O3/c1-9(16)13(12(15)18,8-7-11(14)17)10-5-3-2-4-6-10/h2-6H,7-8H2,1H3,(H2,14,17)(H2,15,18). The lowest BCUT2D eigenvalue weighted by Crippen LogP contribution is -2.47. The van der Waals surface area contributed by atoms with Gasteiger partial charge in [0.25, 0.3) is 0 Å². The van der Waals surface area contributed by atoms with E-state index in [1.54, 1.807) is 30.3 Å². The van der Waals surface area contributed by atoms with Gasteiger partial charge in [0.1, 0.15) is 11.2 Å². The van der Waals surface area contributed by atoms with Gasteiger partial charge in [-0.3, -0.25) is 14.4 Å². The predicted molar refractivity (Wildman–Crippen MR) is 66.4 cm³/mol. The van der Waals surface area contributed by atoms with Crippen LogP contribution in [0.2, 0.25) is 0 Å². The molecule has 5 heteroatoms. The second-order valence-corrected chi connectivity index (χ2v) is 4.16. The van der Waals surface area contributed by atoms with Gasteiger partial charge in [0, 0.05) is 6.42 Å². The number of primary amides is 2. The van der Waals surface area contributed by atoms with Crippen LogP contribution in [0.1, 0.15) is 25.3 Å². The van der Waals surface area contributed by atoms with Crippen molar-refractivity contribution in [3.63, 3.8) is 0 Å². The fraction of sp³-hybridized carbons (Fsp3) is 0.308. The lowest BCUT2D eigenvalue weighted by molar-refractivity contribution is -0.134. The predicted octanol–water partition coefficient (Wildman–Crippen LogP) is 0.264. The zero-order valence-electron chi connectivity index (χ0n) is 10.2. The van der Waals surface area contributed by atoms with Gasteiger partial charge in [-0.15, -0.1) is 0 Å². The summed E-state index contributed by atoms with van der Waals surface area (Å²) in [6.45, 7) is 1.29. The summed E-state index contributed by atoms with van der Waals surface area (Å²) < 4.78 is 0. The first-order chi connectivity index (χ1) is 8.41. The molecule has 0 bridgehead atoms. The van der Waals surface area contributed by atoms with E-state index in [0.29, 0.717) is 5.56 Å². The SMILES string of the molecule is CC(=O)C(CCC(N)=O)(C(N)=O)c1ccccc1. The van der Waals surface area contributed by atoms with Gasteiger partial charge in [0.05, 0.1) is 0 Å². The van der Waals surface area contributed by atoms with Crippen LogP contribution in [0.25, 0.3) is 0 Å². The fourth-order valence-electron chi connectivity index (χ4n) is 2.00. The summed E-state index contributed by atoms with van der Waals surface area (Å²) in [4.78, 5) is 34.5. The van der Waals surface area contributed by atoms with Crippen molar-refractivity contribution in [3.05, 3.63) is 35.9 Å². The second kappa shape index (κ2) is 5.44. The fourth-order valence-corrected chi connectivity index (χ4v) is 2.00. The molecule has 0 aliphatic rings. The molecule has 0 fully saturated rings. The number of rotatable bonds is 6. The van der Waals surface area contributed by atoms with Gasteiger partial charge in [-0.25, -0.2) is 0 Å². The topological polar surface area (TPSA) is 103 Å². The van der Waals surface area contributed by atoms with Gasteiger partial charge in [0.2, 0.25) is 11.8 Å². The molecule has 18 heavy (non-hydrogen) atoms. The number of Topliss-reactive ketones (excluding diaryl/α,β-unsaturated/α-hetero) is 1. The number of nitrogens with two attached hydrogens (primary N) is 2. The molecular weight excluding hydrogens is 232 g/mol. The molecule has 2 amide bonds. The molecule has 0 radical (unpaired) electrons. The summed E-state index contributed by atoms with van der Waals surface area (Å²) in [7, 11) is 0. The van der Waals surface area contributed by atoms with E-state index >= 15 is 0 Å². The lowest BCUT2D eigenvalue weighted by Gasteiger charge is -2.28. The zero-order valence-corrected chi connectivity index (χ0v) is 10.2. The molecule has 4 N–H and O–H groups in total. The average Bonchev–Trinajstić information content (AvgIpc) is 2.30. The Hall–Kier alpha value is -2.17. The Kier molecular flexibility index (Phi) is 4.20. The van der Waals surface area contributed by atoms with Crippen molar-refractivity contribution in [3.8, 4) is 0 Å². The first-order valence-corrected chi connectivity index (χ1v) is 5.56. The number of benzene rings is 1. The second-order valence-electron chi connectivity index (χ2n) is 4.16. The Bertz CT molecular complexity index is 454. The highest BCUT2D eigenvalue weighted by atomic mass is 16.2. The van der Waals surface area contributed by atoms with Gasteiger partial charge < -0.3 is 11.5 Å². The van der Waals surface area contributed by atoms with Crippen LogP contribution < -0.4 is 11.5 Å². The maximum atomic E-state index is 11.9. The third-order valence-corrected chi connectivity index (χ3v) is 3.03. The van der Waals surface area contributed by atoms with Crippen LogP contribution in [0, 0.1) is 0 Å². The van der Waals surface area contributed by atoms with Gasteiger partial charge in [0.15, 0.2) is 0 Å². The van der Waals surface area contributed by atoms with E-state index in [9.17, 15) is 14.4 Å². The smallest absolute Gasteiger partial charge is 0.235 e. The molecule has 0 saturated carbocycles. The summed E-state index contributed by atoms with van der Waals surface area (Å²) in [6, 6.07) is 8.48. The van der Waals surface area contributed by atoms with Crippen LogP contribution in [-0.2, 0) is 19.8 Å². The summed E-state index contributed by atoms with van der Waals surface area (Å²) in [5.74, 6) is -1.72. The minimum absolute atomic E-state index is 0.00296. The van der Waals surface area contributed by atoms with Crippen molar-refractivity contribution >= 4 is 17.6 Å². The maximum Gasteiger partial charge on any atom is 0.235 e. The van der Waals surface area contributed by atoms with Gasteiger partial charge in [-0.2, -0.15) is 0 Å². The molecular formula is C13H16N2O3. The monoisotopic (exact) mass is 248 g/mol. The van der Waals surface area contributed by atoms with E-state index in [4.69, 9.17) is 11.5 Å². The van der Waals surface area contributed by atoms with Crippen molar-refractivity contribution in [2.75, 3.05) is 0 Å².